The first-order valence-corrected chi connectivity index (χ1v) is 4.86. The van der Waals surface area contributed by atoms with Gasteiger partial charge in [0.1, 0.15) is 0 Å². The monoisotopic (exact) mass is 184 g/mol. The predicted octanol–water partition coefficient (Wildman–Crippen LogP) is 2.32. The summed E-state index contributed by atoms with van der Waals surface area (Å²) in [4.78, 5) is 10.9. The van der Waals surface area contributed by atoms with Crippen LogP contribution in [0.25, 0.3) is 0 Å². The molecule has 1 N–H and O–H groups in total. The Bertz CT molecular complexity index is 194. The van der Waals surface area contributed by atoms with E-state index in [1.54, 1.807) is 13.0 Å². The number of aliphatic hydroxyl groups is 1. The zero-order valence-corrected chi connectivity index (χ0v) is 9.00. The lowest BCUT2D eigenvalue weighted by atomic mass is 9.97. The summed E-state index contributed by atoms with van der Waals surface area (Å²) in [6, 6.07) is 0. The van der Waals surface area contributed by atoms with Crippen LogP contribution in [0.3, 0.4) is 0 Å². The zero-order valence-electron chi connectivity index (χ0n) is 9.00. The van der Waals surface area contributed by atoms with Crippen molar-refractivity contribution in [3.05, 3.63) is 11.6 Å². The van der Waals surface area contributed by atoms with Gasteiger partial charge in [0.25, 0.3) is 0 Å². The normalized spacial score (nSPS) is 16.8. The van der Waals surface area contributed by atoms with Gasteiger partial charge in [-0.15, -0.1) is 0 Å². The first-order valence-electron chi connectivity index (χ1n) is 4.86. The van der Waals surface area contributed by atoms with Crippen molar-refractivity contribution in [3.63, 3.8) is 0 Å². The molecular weight excluding hydrogens is 164 g/mol. The van der Waals surface area contributed by atoms with Crippen molar-refractivity contribution in [2.45, 2.75) is 46.6 Å². The summed E-state index contributed by atoms with van der Waals surface area (Å²) in [7, 11) is 0. The van der Waals surface area contributed by atoms with Crippen LogP contribution >= 0.6 is 0 Å². The third-order valence-electron chi connectivity index (χ3n) is 2.30. The summed E-state index contributed by atoms with van der Waals surface area (Å²) >= 11 is 0. The maximum absolute atomic E-state index is 10.9. The van der Waals surface area contributed by atoms with E-state index in [-0.39, 0.29) is 11.7 Å². The van der Waals surface area contributed by atoms with E-state index in [2.05, 4.69) is 6.92 Å². The van der Waals surface area contributed by atoms with Gasteiger partial charge in [-0.25, -0.2) is 0 Å². The van der Waals surface area contributed by atoms with Gasteiger partial charge in [0.15, 0.2) is 5.78 Å². The lowest BCUT2D eigenvalue weighted by molar-refractivity contribution is -0.113. The van der Waals surface area contributed by atoms with Crippen LogP contribution in [0.5, 0.6) is 0 Å². The number of hydrogen-bond acceptors (Lipinski definition) is 2. The van der Waals surface area contributed by atoms with E-state index in [1.807, 2.05) is 6.92 Å². The molecule has 13 heavy (non-hydrogen) atoms. The van der Waals surface area contributed by atoms with Crippen LogP contribution in [0.2, 0.25) is 0 Å². The summed E-state index contributed by atoms with van der Waals surface area (Å²) in [5.41, 5.74) is 0.649. The molecule has 0 aliphatic carbocycles. The van der Waals surface area contributed by atoms with Crippen molar-refractivity contribution in [3.8, 4) is 0 Å². The second kappa shape index (κ2) is 5.92. The smallest absolute Gasteiger partial charge is 0.155 e. The molecule has 0 spiro atoms. The Balaban J connectivity index is 4.19. The van der Waals surface area contributed by atoms with Gasteiger partial charge in [-0.3, -0.25) is 4.79 Å². The van der Waals surface area contributed by atoms with Crippen molar-refractivity contribution < 1.29 is 9.90 Å². The van der Waals surface area contributed by atoms with Gasteiger partial charge in [-0.2, -0.15) is 0 Å². The van der Waals surface area contributed by atoms with Crippen LogP contribution in [0.15, 0.2) is 11.6 Å². The molecule has 2 nitrogen and oxygen atoms in total. The summed E-state index contributed by atoms with van der Waals surface area (Å²) in [6.45, 7) is 7.34. The van der Waals surface area contributed by atoms with Crippen molar-refractivity contribution in [1.29, 1.82) is 0 Å². The highest BCUT2D eigenvalue weighted by atomic mass is 16.3. The van der Waals surface area contributed by atoms with Gasteiger partial charge in [0.05, 0.1) is 6.10 Å². The Morgan fingerprint density at radius 2 is 2.00 bits per heavy atom. The molecule has 0 aromatic heterocycles. The Kier molecular flexibility index (Phi) is 5.63. The number of allylic oxidation sites excluding steroid dienone is 1. The van der Waals surface area contributed by atoms with Crippen LogP contribution < -0.4 is 0 Å². The van der Waals surface area contributed by atoms with Gasteiger partial charge in [0, 0.05) is 0 Å². The summed E-state index contributed by atoms with van der Waals surface area (Å²) in [5.74, 6) is 0.266. The maximum Gasteiger partial charge on any atom is 0.155 e. The molecule has 0 saturated heterocycles. The Morgan fingerprint density at radius 3 is 2.38 bits per heavy atom. The lowest BCUT2D eigenvalue weighted by Gasteiger charge is -2.14. The van der Waals surface area contributed by atoms with Crippen LogP contribution in [-0.2, 0) is 4.79 Å². The minimum absolute atomic E-state index is 0.0303. The van der Waals surface area contributed by atoms with E-state index in [0.29, 0.717) is 5.57 Å². The molecule has 0 aliphatic heterocycles. The topological polar surface area (TPSA) is 37.3 Å². The SMILES string of the molecule is CCCC(C)C(O)C=C(C)C(C)=O. The van der Waals surface area contributed by atoms with Gasteiger partial charge in [-0.05, 0) is 37.8 Å². The molecule has 0 amide bonds. The maximum atomic E-state index is 10.9. The fourth-order valence-corrected chi connectivity index (χ4v) is 1.16. The second-order valence-corrected chi connectivity index (χ2v) is 3.66. The summed E-state index contributed by atoms with van der Waals surface area (Å²) < 4.78 is 0. The van der Waals surface area contributed by atoms with Crippen LogP contribution in [0.1, 0.15) is 40.5 Å². The molecule has 2 heteroatoms. The molecule has 2 unspecified atom stereocenters. The van der Waals surface area contributed by atoms with E-state index < -0.39 is 6.10 Å². The molecule has 0 bridgehead atoms. The first-order chi connectivity index (χ1) is 5.99. The minimum atomic E-state index is -0.483. The molecule has 0 aromatic carbocycles. The van der Waals surface area contributed by atoms with Crippen molar-refractivity contribution in [2.75, 3.05) is 0 Å². The highest BCUT2D eigenvalue weighted by Crippen LogP contribution is 2.13. The highest BCUT2D eigenvalue weighted by molar-refractivity contribution is 5.92. The molecule has 0 heterocycles. The Labute approximate surface area is 80.7 Å². The van der Waals surface area contributed by atoms with Gasteiger partial charge in [0.2, 0.25) is 0 Å². The number of Topliss-reactive ketones (excluding diaryl/α,β-unsaturated/α-hetero) is 1. The van der Waals surface area contributed by atoms with Crippen LogP contribution in [0.4, 0.5) is 0 Å². The molecule has 0 radical (unpaired) electrons. The zero-order chi connectivity index (χ0) is 10.4. The molecule has 0 rings (SSSR count). The van der Waals surface area contributed by atoms with Crippen molar-refractivity contribution in [1.82, 2.24) is 0 Å². The molecule has 0 saturated carbocycles. The van der Waals surface area contributed by atoms with E-state index in [0.717, 1.165) is 12.8 Å². The van der Waals surface area contributed by atoms with E-state index in [1.165, 1.54) is 6.92 Å². The predicted molar refractivity (Wildman–Crippen MR) is 54.5 cm³/mol. The number of carbonyl (C=O) groups is 1. The largest absolute Gasteiger partial charge is 0.389 e. The number of carbonyl (C=O) groups excluding carboxylic acids is 1. The molecule has 0 aromatic rings. The lowest BCUT2D eigenvalue weighted by Crippen LogP contribution is -2.15. The fourth-order valence-electron chi connectivity index (χ4n) is 1.16. The summed E-state index contributed by atoms with van der Waals surface area (Å²) in [5, 5.41) is 9.64. The van der Waals surface area contributed by atoms with E-state index in [9.17, 15) is 9.90 Å². The average molecular weight is 184 g/mol. The van der Waals surface area contributed by atoms with Gasteiger partial charge in [-0.1, -0.05) is 20.3 Å². The minimum Gasteiger partial charge on any atom is -0.389 e. The number of aliphatic hydroxyl groups excluding tert-OH is 1. The fraction of sp³-hybridized carbons (Fsp3) is 0.727. The quantitative estimate of drug-likeness (QED) is 0.666. The molecule has 76 valence electrons. The van der Waals surface area contributed by atoms with Crippen molar-refractivity contribution in [2.24, 2.45) is 5.92 Å². The number of hydrogen-bond donors (Lipinski definition) is 1. The third-order valence-corrected chi connectivity index (χ3v) is 2.30. The third kappa shape index (κ3) is 4.83. The molecule has 0 aliphatic rings. The Morgan fingerprint density at radius 1 is 1.46 bits per heavy atom. The average Bonchev–Trinajstić information content (AvgIpc) is 2.04. The van der Waals surface area contributed by atoms with E-state index in [4.69, 9.17) is 0 Å². The first kappa shape index (κ1) is 12.4. The summed E-state index contributed by atoms with van der Waals surface area (Å²) in [6.07, 6.45) is 3.22. The number of rotatable bonds is 5. The van der Waals surface area contributed by atoms with Gasteiger partial charge < -0.3 is 5.11 Å². The molecule has 0 fully saturated rings. The second-order valence-electron chi connectivity index (χ2n) is 3.66. The molecular formula is C11H20O2. The standard InChI is InChI=1S/C11H20O2/c1-5-6-8(2)11(13)7-9(3)10(4)12/h7-8,11,13H,5-6H2,1-4H3. The van der Waals surface area contributed by atoms with Crippen LogP contribution in [-0.4, -0.2) is 17.0 Å². The van der Waals surface area contributed by atoms with Gasteiger partial charge >= 0.3 is 0 Å². The van der Waals surface area contributed by atoms with Crippen molar-refractivity contribution >= 4 is 5.78 Å². The van der Waals surface area contributed by atoms with E-state index >= 15 is 0 Å². The molecule has 2 atom stereocenters. The highest BCUT2D eigenvalue weighted by Gasteiger charge is 2.11. The Hall–Kier alpha value is -0.630. The van der Waals surface area contributed by atoms with Crippen LogP contribution in [0, 0.1) is 5.92 Å². The number of ketones is 1.